The summed E-state index contributed by atoms with van der Waals surface area (Å²) < 4.78 is 15.3. The second-order valence-electron chi connectivity index (χ2n) is 6.50. The minimum atomic E-state index is -0.701. The van der Waals surface area contributed by atoms with E-state index in [1.54, 1.807) is 36.4 Å². The molecule has 2 rings (SSSR count). The molecule has 0 fully saturated rings. The summed E-state index contributed by atoms with van der Waals surface area (Å²) in [5.41, 5.74) is 1.79. The van der Waals surface area contributed by atoms with Crippen LogP contribution in [0, 0.1) is 6.92 Å². The van der Waals surface area contributed by atoms with Gasteiger partial charge in [-0.1, -0.05) is 31.0 Å². The Balaban J connectivity index is 1.74. The Morgan fingerprint density at radius 1 is 1.00 bits per heavy atom. The largest absolute Gasteiger partial charge is 0.480 e. The van der Waals surface area contributed by atoms with Crippen LogP contribution in [0.3, 0.4) is 0 Å². The number of unbranched alkanes of at least 4 members (excludes halogenated alkanes) is 1. The lowest BCUT2D eigenvalue weighted by Crippen LogP contribution is -2.23. The Hall–Kier alpha value is -3.06. The Morgan fingerprint density at radius 2 is 1.73 bits per heavy atom. The van der Waals surface area contributed by atoms with E-state index in [0.717, 1.165) is 18.4 Å². The highest BCUT2D eigenvalue weighted by atomic mass is 35.5. The van der Waals surface area contributed by atoms with Crippen molar-refractivity contribution in [2.75, 3.05) is 25.1 Å². The molecule has 0 bridgehead atoms. The van der Waals surface area contributed by atoms with E-state index >= 15 is 0 Å². The Kier molecular flexibility index (Phi) is 9.15. The number of carbonyl (C=O) groups excluding carboxylic acids is 3. The van der Waals surface area contributed by atoms with Crippen LogP contribution in [0.2, 0.25) is 5.02 Å². The highest BCUT2D eigenvalue weighted by Gasteiger charge is 2.11. The molecule has 0 saturated carbocycles. The van der Waals surface area contributed by atoms with Gasteiger partial charge in [-0.2, -0.15) is 0 Å². The molecule has 8 heteroatoms. The van der Waals surface area contributed by atoms with E-state index in [9.17, 15) is 14.4 Å². The van der Waals surface area contributed by atoms with Gasteiger partial charge in [-0.05, 0) is 55.3 Å². The standard InChI is InChI=1S/C22H24ClNO6/c1-3-4-11-28-22(27)16-6-8-17(9-7-16)24-20(25)13-30-21(26)14-29-19-12-15(2)5-10-18(19)23/h5-10,12H,3-4,11,13-14H2,1-2H3,(H,24,25). The van der Waals surface area contributed by atoms with Gasteiger partial charge in [0.15, 0.2) is 13.2 Å². The van der Waals surface area contributed by atoms with E-state index in [1.807, 2.05) is 19.9 Å². The summed E-state index contributed by atoms with van der Waals surface area (Å²) in [6.45, 7) is 3.41. The van der Waals surface area contributed by atoms with Gasteiger partial charge in [0.2, 0.25) is 0 Å². The molecule has 1 amide bonds. The molecule has 0 unspecified atom stereocenters. The maximum Gasteiger partial charge on any atom is 0.344 e. The van der Waals surface area contributed by atoms with E-state index < -0.39 is 24.5 Å². The number of carbonyl (C=O) groups is 3. The predicted molar refractivity (Wildman–Crippen MR) is 113 cm³/mol. The Bertz CT molecular complexity index is 882. The van der Waals surface area contributed by atoms with Gasteiger partial charge in [0.1, 0.15) is 5.75 Å². The molecule has 0 heterocycles. The lowest BCUT2D eigenvalue weighted by Gasteiger charge is -2.10. The van der Waals surface area contributed by atoms with Gasteiger partial charge in [-0.3, -0.25) is 4.79 Å². The first-order valence-electron chi connectivity index (χ1n) is 9.50. The molecule has 2 aromatic carbocycles. The number of halogens is 1. The van der Waals surface area contributed by atoms with E-state index in [0.29, 0.717) is 28.6 Å². The number of amides is 1. The fourth-order valence-electron chi connectivity index (χ4n) is 2.32. The van der Waals surface area contributed by atoms with Crippen LogP contribution >= 0.6 is 11.6 Å². The molecule has 160 valence electrons. The number of nitrogens with one attached hydrogen (secondary N) is 1. The average Bonchev–Trinajstić information content (AvgIpc) is 2.73. The summed E-state index contributed by atoms with van der Waals surface area (Å²) in [5.74, 6) is -1.27. The zero-order valence-corrected chi connectivity index (χ0v) is 17.7. The smallest absolute Gasteiger partial charge is 0.344 e. The van der Waals surface area contributed by atoms with Crippen molar-refractivity contribution in [3.05, 3.63) is 58.6 Å². The zero-order valence-electron chi connectivity index (χ0n) is 16.9. The summed E-state index contributed by atoms with van der Waals surface area (Å²) >= 11 is 5.99. The summed E-state index contributed by atoms with van der Waals surface area (Å²) in [7, 11) is 0. The first-order valence-corrected chi connectivity index (χ1v) is 9.88. The zero-order chi connectivity index (χ0) is 21.9. The lowest BCUT2D eigenvalue weighted by molar-refractivity contribution is -0.149. The normalized spacial score (nSPS) is 10.2. The van der Waals surface area contributed by atoms with Gasteiger partial charge < -0.3 is 19.5 Å². The molecule has 0 aliphatic heterocycles. The summed E-state index contributed by atoms with van der Waals surface area (Å²) in [6.07, 6.45) is 1.75. The SMILES string of the molecule is CCCCOC(=O)c1ccc(NC(=O)COC(=O)COc2cc(C)ccc2Cl)cc1. The van der Waals surface area contributed by atoms with Crippen LogP contribution < -0.4 is 10.1 Å². The first kappa shape index (κ1) is 23.2. The van der Waals surface area contributed by atoms with Crippen LogP contribution in [0.1, 0.15) is 35.7 Å². The van der Waals surface area contributed by atoms with Gasteiger partial charge >= 0.3 is 11.9 Å². The van der Waals surface area contributed by atoms with Crippen molar-refractivity contribution in [1.82, 2.24) is 0 Å². The van der Waals surface area contributed by atoms with Gasteiger partial charge in [-0.25, -0.2) is 9.59 Å². The van der Waals surface area contributed by atoms with Gasteiger partial charge in [0, 0.05) is 5.69 Å². The van der Waals surface area contributed by atoms with Gasteiger partial charge in [0.25, 0.3) is 5.91 Å². The molecule has 0 aliphatic carbocycles. The summed E-state index contributed by atoms with van der Waals surface area (Å²) in [4.78, 5) is 35.6. The third-order valence-corrected chi connectivity index (χ3v) is 4.24. The van der Waals surface area contributed by atoms with Crippen LogP contribution in [0.4, 0.5) is 5.69 Å². The number of esters is 2. The summed E-state index contributed by atoms with van der Waals surface area (Å²) in [5, 5.41) is 2.95. The number of anilines is 1. The molecule has 7 nitrogen and oxygen atoms in total. The van der Waals surface area contributed by atoms with Crippen molar-refractivity contribution in [2.24, 2.45) is 0 Å². The summed E-state index contributed by atoms with van der Waals surface area (Å²) in [6, 6.07) is 11.4. The molecule has 0 aromatic heterocycles. The van der Waals surface area contributed by atoms with E-state index in [4.69, 9.17) is 25.8 Å². The average molecular weight is 434 g/mol. The van der Waals surface area contributed by atoms with Crippen molar-refractivity contribution in [3.8, 4) is 5.75 Å². The molecule has 0 spiro atoms. The molecular formula is C22H24ClNO6. The number of ether oxygens (including phenoxy) is 3. The molecule has 1 N–H and O–H groups in total. The molecule has 0 atom stereocenters. The van der Waals surface area contributed by atoms with Crippen LogP contribution in [0.5, 0.6) is 5.75 Å². The number of hydrogen-bond donors (Lipinski definition) is 1. The van der Waals surface area contributed by atoms with E-state index in [1.165, 1.54) is 0 Å². The van der Waals surface area contributed by atoms with Crippen LogP contribution in [-0.4, -0.2) is 37.7 Å². The molecule has 2 aromatic rings. The monoisotopic (exact) mass is 433 g/mol. The van der Waals surface area contributed by atoms with Crippen molar-refractivity contribution in [3.63, 3.8) is 0 Å². The van der Waals surface area contributed by atoms with Crippen molar-refractivity contribution >= 4 is 35.1 Å². The topological polar surface area (TPSA) is 90.9 Å². The molecule has 0 aliphatic rings. The van der Waals surface area contributed by atoms with Crippen molar-refractivity contribution in [1.29, 1.82) is 0 Å². The molecule has 0 radical (unpaired) electrons. The third-order valence-electron chi connectivity index (χ3n) is 3.93. The fourth-order valence-corrected chi connectivity index (χ4v) is 2.50. The van der Waals surface area contributed by atoms with Crippen molar-refractivity contribution in [2.45, 2.75) is 26.7 Å². The number of benzene rings is 2. The molecule has 0 saturated heterocycles. The van der Waals surface area contributed by atoms with Crippen LogP contribution in [-0.2, 0) is 19.1 Å². The highest BCUT2D eigenvalue weighted by molar-refractivity contribution is 6.32. The van der Waals surface area contributed by atoms with E-state index in [2.05, 4.69) is 5.32 Å². The Morgan fingerprint density at radius 3 is 2.43 bits per heavy atom. The Labute approximate surface area is 180 Å². The predicted octanol–water partition coefficient (Wildman–Crippen LogP) is 4.17. The minimum absolute atomic E-state index is 0.367. The number of aryl methyl sites for hydroxylation is 1. The molecule has 30 heavy (non-hydrogen) atoms. The minimum Gasteiger partial charge on any atom is -0.480 e. The molecular weight excluding hydrogens is 410 g/mol. The second-order valence-corrected chi connectivity index (χ2v) is 6.91. The van der Waals surface area contributed by atoms with Crippen LogP contribution in [0.15, 0.2) is 42.5 Å². The maximum absolute atomic E-state index is 11.9. The quantitative estimate of drug-likeness (QED) is 0.446. The van der Waals surface area contributed by atoms with Gasteiger partial charge in [0.05, 0.1) is 17.2 Å². The van der Waals surface area contributed by atoms with E-state index in [-0.39, 0.29) is 6.61 Å². The number of rotatable bonds is 10. The number of hydrogen-bond acceptors (Lipinski definition) is 6. The third kappa shape index (κ3) is 7.75. The first-order chi connectivity index (χ1) is 14.4. The lowest BCUT2D eigenvalue weighted by atomic mass is 10.2. The highest BCUT2D eigenvalue weighted by Crippen LogP contribution is 2.25. The maximum atomic E-state index is 11.9. The van der Waals surface area contributed by atoms with Gasteiger partial charge in [-0.15, -0.1) is 0 Å². The second kappa shape index (κ2) is 11.8. The van der Waals surface area contributed by atoms with Crippen molar-refractivity contribution < 1.29 is 28.6 Å². The fraction of sp³-hybridized carbons (Fsp3) is 0.318. The van der Waals surface area contributed by atoms with Crippen LogP contribution in [0.25, 0.3) is 0 Å².